The van der Waals surface area contributed by atoms with Gasteiger partial charge in [0.05, 0.1) is 5.56 Å². The van der Waals surface area contributed by atoms with Crippen molar-refractivity contribution in [3.05, 3.63) is 35.4 Å². The van der Waals surface area contributed by atoms with Crippen LogP contribution in [0.15, 0.2) is 24.3 Å². The molecule has 1 saturated heterocycles. The number of nitrogens with zero attached hydrogens (tertiary/aromatic N) is 1. The summed E-state index contributed by atoms with van der Waals surface area (Å²) in [6, 6.07) is 4.67. The number of benzene rings is 1. The van der Waals surface area contributed by atoms with Gasteiger partial charge in [0, 0.05) is 25.2 Å². The first-order chi connectivity index (χ1) is 12.3. The van der Waals surface area contributed by atoms with Gasteiger partial charge in [-0.2, -0.15) is 13.2 Å². The second kappa shape index (κ2) is 7.26. The van der Waals surface area contributed by atoms with Crippen LogP contribution in [0.1, 0.15) is 36.3 Å². The van der Waals surface area contributed by atoms with Crippen molar-refractivity contribution >= 4 is 11.9 Å². The van der Waals surface area contributed by atoms with Gasteiger partial charge in [-0.25, -0.2) is 0 Å². The first-order valence-corrected chi connectivity index (χ1v) is 8.54. The van der Waals surface area contributed by atoms with Gasteiger partial charge >= 0.3 is 12.1 Å². The summed E-state index contributed by atoms with van der Waals surface area (Å²) in [6.45, 7) is 0.613. The Morgan fingerprint density at radius 2 is 1.77 bits per heavy atom. The lowest BCUT2D eigenvalue weighted by Gasteiger charge is -2.33. The maximum atomic E-state index is 12.8. The smallest absolute Gasteiger partial charge is 0.416 e. The van der Waals surface area contributed by atoms with Gasteiger partial charge in [0.25, 0.3) is 0 Å². The van der Waals surface area contributed by atoms with Gasteiger partial charge in [-0.05, 0) is 42.9 Å². The predicted octanol–water partition coefficient (Wildman–Crippen LogP) is 2.90. The highest BCUT2D eigenvalue weighted by atomic mass is 19.4. The third-order valence-electron chi connectivity index (χ3n) is 4.99. The Balaban J connectivity index is 1.68. The molecule has 0 radical (unpaired) electrons. The van der Waals surface area contributed by atoms with Crippen LogP contribution in [0.5, 0.6) is 0 Å². The molecule has 8 heteroatoms. The van der Waals surface area contributed by atoms with E-state index < -0.39 is 17.7 Å². The van der Waals surface area contributed by atoms with Gasteiger partial charge in [-0.3, -0.25) is 9.59 Å². The largest absolute Gasteiger partial charge is 0.480 e. The number of halogens is 3. The van der Waals surface area contributed by atoms with Crippen LogP contribution in [0, 0.1) is 5.92 Å². The van der Waals surface area contributed by atoms with Gasteiger partial charge < -0.3 is 14.7 Å². The molecule has 3 rings (SSSR count). The number of alkyl halides is 3. The number of carbonyl (C=O) groups excluding carboxylic acids is 1. The molecule has 0 bridgehead atoms. The van der Waals surface area contributed by atoms with E-state index in [0.717, 1.165) is 12.1 Å². The average Bonchev–Trinajstić information content (AvgIpc) is 3.40. The van der Waals surface area contributed by atoms with Crippen molar-refractivity contribution in [3.63, 3.8) is 0 Å². The highest BCUT2D eigenvalue weighted by Crippen LogP contribution is 2.49. The van der Waals surface area contributed by atoms with E-state index in [9.17, 15) is 22.8 Å². The number of hydrogen-bond donors (Lipinski definition) is 1. The Hall–Kier alpha value is -2.09. The summed E-state index contributed by atoms with van der Waals surface area (Å²) in [5, 5.41) is 9.12. The molecule has 1 amide bonds. The van der Waals surface area contributed by atoms with Gasteiger partial charge in [0.15, 0.2) is 0 Å². The summed E-state index contributed by atoms with van der Waals surface area (Å²) >= 11 is 0. The molecule has 26 heavy (non-hydrogen) atoms. The second-order valence-corrected chi connectivity index (χ2v) is 6.77. The number of rotatable bonds is 5. The van der Waals surface area contributed by atoms with E-state index in [1.807, 2.05) is 0 Å². The molecule has 1 saturated carbocycles. The summed E-state index contributed by atoms with van der Waals surface area (Å²) < 4.78 is 43.2. The van der Waals surface area contributed by atoms with Crippen molar-refractivity contribution in [2.24, 2.45) is 5.92 Å². The molecule has 0 unspecified atom stereocenters. The van der Waals surface area contributed by atoms with Crippen molar-refractivity contribution in [2.45, 2.75) is 37.4 Å². The topological polar surface area (TPSA) is 66.8 Å². The van der Waals surface area contributed by atoms with Crippen molar-refractivity contribution < 1.29 is 32.6 Å². The van der Waals surface area contributed by atoms with Crippen LogP contribution in [-0.2, 0) is 20.5 Å². The molecule has 2 atom stereocenters. The summed E-state index contributed by atoms with van der Waals surface area (Å²) in [5.74, 6) is -1.82. The van der Waals surface area contributed by atoms with Crippen LogP contribution in [0.25, 0.3) is 0 Å². The molecule has 5 nitrogen and oxygen atoms in total. The Bertz CT molecular complexity index is 668. The zero-order valence-electron chi connectivity index (χ0n) is 14.0. The van der Waals surface area contributed by atoms with Crippen LogP contribution < -0.4 is 0 Å². The van der Waals surface area contributed by atoms with E-state index in [2.05, 4.69) is 0 Å². The van der Waals surface area contributed by atoms with E-state index in [1.54, 1.807) is 0 Å². The van der Waals surface area contributed by atoms with E-state index >= 15 is 0 Å². The highest BCUT2D eigenvalue weighted by Gasteiger charge is 2.47. The lowest BCUT2D eigenvalue weighted by atomic mass is 10.0. The van der Waals surface area contributed by atoms with E-state index in [-0.39, 0.29) is 30.3 Å². The summed E-state index contributed by atoms with van der Waals surface area (Å²) in [4.78, 5) is 25.3. The number of amides is 1. The number of hydrogen-bond acceptors (Lipinski definition) is 3. The SMILES string of the molecule is O=C(O)CN(C(=O)[C@H]1C[C@H]1c1ccc(C(F)(F)F)cc1)C1CCOCC1. The number of aliphatic carboxylic acids is 1. The van der Waals surface area contributed by atoms with Crippen LogP contribution in [0.2, 0.25) is 0 Å². The summed E-state index contributed by atoms with van der Waals surface area (Å²) in [7, 11) is 0. The first-order valence-electron chi connectivity index (χ1n) is 8.54. The molecule has 2 aliphatic rings. The fourth-order valence-corrected chi connectivity index (χ4v) is 3.50. The first kappa shape index (κ1) is 18.7. The Morgan fingerprint density at radius 3 is 2.31 bits per heavy atom. The highest BCUT2D eigenvalue weighted by molar-refractivity contribution is 5.86. The molecule has 2 fully saturated rings. The van der Waals surface area contributed by atoms with E-state index in [0.29, 0.717) is 38.0 Å². The van der Waals surface area contributed by atoms with E-state index in [1.165, 1.54) is 17.0 Å². The fraction of sp³-hybridized carbons (Fsp3) is 0.556. The molecule has 1 N–H and O–H groups in total. The molecule has 1 heterocycles. The molecule has 1 aromatic rings. The minimum atomic E-state index is -4.39. The monoisotopic (exact) mass is 371 g/mol. The second-order valence-electron chi connectivity index (χ2n) is 6.77. The Labute approximate surface area is 148 Å². The fourth-order valence-electron chi connectivity index (χ4n) is 3.50. The summed E-state index contributed by atoms with van der Waals surface area (Å²) in [5.41, 5.74) is -0.0434. The Morgan fingerprint density at radius 1 is 1.15 bits per heavy atom. The van der Waals surface area contributed by atoms with Crippen LogP contribution >= 0.6 is 0 Å². The van der Waals surface area contributed by atoms with Gasteiger partial charge in [-0.15, -0.1) is 0 Å². The third kappa shape index (κ3) is 4.17. The molecule has 1 aliphatic heterocycles. The lowest BCUT2D eigenvalue weighted by Crippen LogP contribution is -2.46. The summed E-state index contributed by atoms with van der Waals surface area (Å²) in [6.07, 6.45) is -2.67. The van der Waals surface area contributed by atoms with E-state index in [4.69, 9.17) is 9.84 Å². The minimum Gasteiger partial charge on any atom is -0.480 e. The van der Waals surface area contributed by atoms with Crippen molar-refractivity contribution in [3.8, 4) is 0 Å². The molecule has 142 valence electrons. The lowest BCUT2D eigenvalue weighted by molar-refractivity contribution is -0.148. The van der Waals surface area contributed by atoms with Crippen LogP contribution in [-0.4, -0.2) is 47.7 Å². The van der Waals surface area contributed by atoms with Crippen molar-refractivity contribution in [1.82, 2.24) is 4.90 Å². The molecular weight excluding hydrogens is 351 g/mol. The van der Waals surface area contributed by atoms with Crippen molar-refractivity contribution in [2.75, 3.05) is 19.8 Å². The molecule has 1 aliphatic carbocycles. The third-order valence-corrected chi connectivity index (χ3v) is 4.99. The van der Waals surface area contributed by atoms with Crippen LogP contribution in [0.4, 0.5) is 13.2 Å². The number of carboxylic acid groups (broad SMARTS) is 1. The van der Waals surface area contributed by atoms with Crippen LogP contribution in [0.3, 0.4) is 0 Å². The molecule has 0 aromatic heterocycles. The quantitative estimate of drug-likeness (QED) is 0.864. The number of ether oxygens (including phenoxy) is 1. The minimum absolute atomic E-state index is 0.152. The molecular formula is C18H20F3NO4. The average molecular weight is 371 g/mol. The Kier molecular flexibility index (Phi) is 5.22. The normalized spacial score (nSPS) is 23.5. The van der Waals surface area contributed by atoms with Gasteiger partial charge in [-0.1, -0.05) is 12.1 Å². The zero-order chi connectivity index (χ0) is 18.9. The predicted molar refractivity (Wildman–Crippen MR) is 85.5 cm³/mol. The number of carbonyl (C=O) groups is 2. The van der Waals surface area contributed by atoms with Gasteiger partial charge in [0.2, 0.25) is 5.91 Å². The maximum absolute atomic E-state index is 12.8. The standard InChI is InChI=1S/C18H20F3NO4/c19-18(20,21)12-3-1-11(2-4-12)14-9-15(14)17(25)22(10-16(23)24)13-5-7-26-8-6-13/h1-4,13-15H,5-10H2,(H,23,24)/t14-,15-/m0/s1. The molecule has 1 aromatic carbocycles. The number of carboxylic acids is 1. The van der Waals surface area contributed by atoms with Crippen molar-refractivity contribution in [1.29, 1.82) is 0 Å². The maximum Gasteiger partial charge on any atom is 0.416 e. The molecule has 0 spiro atoms. The zero-order valence-corrected chi connectivity index (χ0v) is 14.0. The van der Waals surface area contributed by atoms with Gasteiger partial charge in [0.1, 0.15) is 6.54 Å².